The van der Waals surface area contributed by atoms with Crippen molar-refractivity contribution in [2.24, 2.45) is 5.92 Å². The minimum absolute atomic E-state index is 0.360. The molecule has 1 aromatic carbocycles. The van der Waals surface area contributed by atoms with E-state index in [9.17, 15) is 0 Å². The van der Waals surface area contributed by atoms with Crippen LogP contribution in [-0.4, -0.2) is 19.7 Å². The van der Waals surface area contributed by atoms with Gasteiger partial charge in [0.1, 0.15) is 12.4 Å². The summed E-state index contributed by atoms with van der Waals surface area (Å²) in [4.78, 5) is 0. The van der Waals surface area contributed by atoms with Gasteiger partial charge in [0.2, 0.25) is 0 Å². The summed E-state index contributed by atoms with van der Waals surface area (Å²) in [6.45, 7) is 7.04. The number of aryl methyl sites for hydroxylation is 1. The second-order valence-corrected chi connectivity index (χ2v) is 4.80. The maximum absolute atomic E-state index is 5.93. The molecule has 0 fully saturated rings. The molecule has 0 aromatic heterocycles. The van der Waals surface area contributed by atoms with E-state index in [0.29, 0.717) is 23.6 Å². The summed E-state index contributed by atoms with van der Waals surface area (Å²) in [5.74, 6) is 1.41. The molecule has 0 spiro atoms. The molecule has 0 saturated heterocycles. The van der Waals surface area contributed by atoms with Crippen LogP contribution in [0.25, 0.3) is 0 Å². The number of hydrogen-bond acceptors (Lipinski definition) is 2. The van der Waals surface area contributed by atoms with Gasteiger partial charge < -0.3 is 10.1 Å². The van der Waals surface area contributed by atoms with Gasteiger partial charge in [-0.05, 0) is 37.6 Å². The lowest BCUT2D eigenvalue weighted by molar-refractivity contribution is 0.237. The van der Waals surface area contributed by atoms with Crippen LogP contribution in [-0.2, 0) is 0 Å². The highest BCUT2D eigenvalue weighted by molar-refractivity contribution is 6.30. The van der Waals surface area contributed by atoms with Gasteiger partial charge >= 0.3 is 0 Å². The van der Waals surface area contributed by atoms with Gasteiger partial charge in [-0.1, -0.05) is 31.5 Å². The summed E-state index contributed by atoms with van der Waals surface area (Å²) >= 11 is 5.93. The van der Waals surface area contributed by atoms with Gasteiger partial charge in [0.05, 0.1) is 0 Å². The molecular formula is C13H20ClNO. The van der Waals surface area contributed by atoms with E-state index in [1.165, 1.54) is 0 Å². The Morgan fingerprint density at radius 1 is 1.38 bits per heavy atom. The van der Waals surface area contributed by atoms with Crippen molar-refractivity contribution in [1.82, 2.24) is 5.32 Å². The van der Waals surface area contributed by atoms with Crippen molar-refractivity contribution in [2.45, 2.75) is 26.8 Å². The number of nitrogens with one attached hydrogen (secondary N) is 1. The van der Waals surface area contributed by atoms with Crippen LogP contribution in [0.15, 0.2) is 18.2 Å². The summed E-state index contributed by atoms with van der Waals surface area (Å²) in [6.07, 6.45) is 0. The molecule has 1 atom stereocenters. The number of benzene rings is 1. The van der Waals surface area contributed by atoms with Crippen molar-refractivity contribution >= 4 is 11.6 Å². The third kappa shape index (κ3) is 3.69. The Balaban J connectivity index is 2.63. The third-order valence-electron chi connectivity index (χ3n) is 2.74. The predicted molar refractivity (Wildman–Crippen MR) is 69.4 cm³/mol. The smallest absolute Gasteiger partial charge is 0.123 e. The van der Waals surface area contributed by atoms with E-state index in [-0.39, 0.29) is 0 Å². The lowest BCUT2D eigenvalue weighted by Crippen LogP contribution is -2.36. The summed E-state index contributed by atoms with van der Waals surface area (Å²) in [5, 5.41) is 3.96. The summed E-state index contributed by atoms with van der Waals surface area (Å²) < 4.78 is 5.78. The maximum atomic E-state index is 5.93. The van der Waals surface area contributed by atoms with Crippen LogP contribution in [0.3, 0.4) is 0 Å². The van der Waals surface area contributed by atoms with Crippen LogP contribution in [0, 0.1) is 12.8 Å². The minimum Gasteiger partial charge on any atom is -0.492 e. The summed E-state index contributed by atoms with van der Waals surface area (Å²) in [6, 6.07) is 6.07. The lowest BCUT2D eigenvalue weighted by Gasteiger charge is -2.21. The van der Waals surface area contributed by atoms with Crippen molar-refractivity contribution in [1.29, 1.82) is 0 Å². The standard InChI is InChI=1S/C13H20ClNO/c1-9(2)12(15-4)8-16-13-7-11(14)6-5-10(13)3/h5-7,9,12,15H,8H2,1-4H3. The Bertz CT molecular complexity index is 339. The fraction of sp³-hybridized carbons (Fsp3) is 0.538. The van der Waals surface area contributed by atoms with E-state index >= 15 is 0 Å². The van der Waals surface area contributed by atoms with E-state index in [4.69, 9.17) is 16.3 Å². The lowest BCUT2D eigenvalue weighted by atomic mass is 10.1. The Morgan fingerprint density at radius 2 is 2.06 bits per heavy atom. The fourth-order valence-electron chi connectivity index (χ4n) is 1.52. The molecule has 90 valence electrons. The molecule has 0 aliphatic carbocycles. The average molecular weight is 242 g/mol. The van der Waals surface area contributed by atoms with Gasteiger partial charge in [-0.2, -0.15) is 0 Å². The van der Waals surface area contributed by atoms with Crippen LogP contribution in [0.4, 0.5) is 0 Å². The Labute approximate surface area is 103 Å². The molecule has 1 rings (SSSR count). The maximum Gasteiger partial charge on any atom is 0.123 e. The second-order valence-electron chi connectivity index (χ2n) is 4.36. The SMILES string of the molecule is CNC(COc1cc(Cl)ccc1C)C(C)C. The van der Waals surface area contributed by atoms with Crippen LogP contribution in [0.5, 0.6) is 5.75 Å². The normalized spacial score (nSPS) is 12.9. The molecule has 2 nitrogen and oxygen atoms in total. The number of likely N-dealkylation sites (N-methyl/N-ethyl adjacent to an activating group) is 1. The van der Waals surface area contributed by atoms with E-state index in [1.54, 1.807) is 0 Å². The molecule has 1 N–H and O–H groups in total. The minimum atomic E-state index is 0.360. The van der Waals surface area contributed by atoms with Gasteiger partial charge in [0, 0.05) is 11.1 Å². The van der Waals surface area contributed by atoms with Crippen LogP contribution >= 0.6 is 11.6 Å². The zero-order valence-corrected chi connectivity index (χ0v) is 11.1. The summed E-state index contributed by atoms with van der Waals surface area (Å²) in [5.41, 5.74) is 1.11. The van der Waals surface area contributed by atoms with Crippen molar-refractivity contribution in [3.63, 3.8) is 0 Å². The first kappa shape index (κ1) is 13.3. The topological polar surface area (TPSA) is 21.3 Å². The van der Waals surface area contributed by atoms with Gasteiger partial charge in [0.25, 0.3) is 0 Å². The highest BCUT2D eigenvalue weighted by Gasteiger charge is 2.12. The Kier molecular flexibility index (Phi) is 5.10. The third-order valence-corrected chi connectivity index (χ3v) is 2.98. The molecule has 1 aromatic rings. The molecule has 1 unspecified atom stereocenters. The quantitative estimate of drug-likeness (QED) is 0.855. The zero-order valence-electron chi connectivity index (χ0n) is 10.4. The van der Waals surface area contributed by atoms with E-state index < -0.39 is 0 Å². The van der Waals surface area contributed by atoms with Crippen molar-refractivity contribution in [3.8, 4) is 5.75 Å². The van der Waals surface area contributed by atoms with E-state index in [1.807, 2.05) is 32.2 Å². The molecule has 16 heavy (non-hydrogen) atoms. The number of ether oxygens (including phenoxy) is 1. The number of hydrogen-bond donors (Lipinski definition) is 1. The van der Waals surface area contributed by atoms with Gasteiger partial charge in [-0.25, -0.2) is 0 Å². The highest BCUT2D eigenvalue weighted by Crippen LogP contribution is 2.22. The van der Waals surface area contributed by atoms with Gasteiger partial charge in [-0.3, -0.25) is 0 Å². The van der Waals surface area contributed by atoms with Crippen molar-refractivity contribution in [3.05, 3.63) is 28.8 Å². The number of halogens is 1. The highest BCUT2D eigenvalue weighted by atomic mass is 35.5. The van der Waals surface area contributed by atoms with Gasteiger partial charge in [0.15, 0.2) is 0 Å². The molecule has 0 heterocycles. The molecule has 0 radical (unpaired) electrons. The largest absolute Gasteiger partial charge is 0.492 e. The number of rotatable bonds is 5. The first-order valence-corrected chi connectivity index (χ1v) is 5.98. The molecule has 3 heteroatoms. The van der Waals surface area contributed by atoms with Crippen LogP contribution in [0.1, 0.15) is 19.4 Å². The van der Waals surface area contributed by atoms with Crippen molar-refractivity contribution < 1.29 is 4.74 Å². The monoisotopic (exact) mass is 241 g/mol. The molecule has 0 aliphatic heterocycles. The Hall–Kier alpha value is -0.730. The van der Waals surface area contributed by atoms with Crippen LogP contribution < -0.4 is 10.1 Å². The first-order valence-electron chi connectivity index (χ1n) is 5.60. The molecule has 0 bridgehead atoms. The predicted octanol–water partition coefficient (Wildman–Crippen LogP) is 3.27. The molecular weight excluding hydrogens is 222 g/mol. The first-order chi connectivity index (χ1) is 7.54. The molecule has 0 aliphatic rings. The van der Waals surface area contributed by atoms with Crippen molar-refractivity contribution in [2.75, 3.05) is 13.7 Å². The van der Waals surface area contributed by atoms with E-state index in [0.717, 1.165) is 11.3 Å². The molecule has 0 saturated carbocycles. The molecule has 0 amide bonds. The van der Waals surface area contributed by atoms with E-state index in [2.05, 4.69) is 19.2 Å². The Morgan fingerprint density at radius 3 is 2.62 bits per heavy atom. The fourth-order valence-corrected chi connectivity index (χ4v) is 1.68. The average Bonchev–Trinajstić information content (AvgIpc) is 2.23. The summed E-state index contributed by atoms with van der Waals surface area (Å²) in [7, 11) is 1.96. The van der Waals surface area contributed by atoms with Gasteiger partial charge in [-0.15, -0.1) is 0 Å². The second kappa shape index (κ2) is 6.12. The zero-order chi connectivity index (χ0) is 12.1. The van der Waals surface area contributed by atoms with Crippen LogP contribution in [0.2, 0.25) is 5.02 Å².